The minimum absolute atomic E-state index is 0. The topological polar surface area (TPSA) is 447 Å². The molecule has 2 aliphatic carbocycles. The van der Waals surface area contributed by atoms with E-state index in [0.29, 0.717) is 132 Å². The number of hydrogen-bond donors (Lipinski definition) is 6. The predicted molar refractivity (Wildman–Crippen MR) is 621 cm³/mol. The molecule has 0 bridgehead atoms. The van der Waals surface area contributed by atoms with Gasteiger partial charge in [-0.15, -0.1) is 0 Å². The van der Waals surface area contributed by atoms with E-state index in [1.165, 1.54) is 115 Å². The van der Waals surface area contributed by atoms with Gasteiger partial charge in [-0.25, -0.2) is 84.3 Å². The van der Waals surface area contributed by atoms with Crippen molar-refractivity contribution < 1.29 is 187 Å². The molecule has 37 nitrogen and oxygen atoms in total. The monoisotopic (exact) mass is 2170 g/mol. The lowest BCUT2D eigenvalue weighted by atomic mass is 9.82. The van der Waals surface area contributed by atoms with Gasteiger partial charge in [0.2, 0.25) is 19.7 Å². The smallest absolute Gasteiger partial charge is 0.414 e. The van der Waals surface area contributed by atoms with E-state index in [9.17, 15) is 35.6 Å². The number of likely N-dealkylation sites (tertiary alicyclic amines) is 1. The Labute approximate surface area is 947 Å². The van der Waals surface area contributed by atoms with Gasteiger partial charge >= 0.3 is 30.3 Å². The quantitative estimate of drug-likeness (QED) is 0.0280. The molecule has 13 heterocycles. The third kappa shape index (κ3) is 24.7. The number of aromatic amines is 3. The zero-order valence-electron chi connectivity index (χ0n) is 154. The first-order chi connectivity index (χ1) is 103. The normalized spacial score (nSPS) is 19.7. The summed E-state index contributed by atoms with van der Waals surface area (Å²) < 4.78 is 489. The third-order valence-corrected chi connectivity index (χ3v) is 28.9. The molecule has 4 aliphatic heterocycles. The van der Waals surface area contributed by atoms with Crippen molar-refractivity contribution in [2.45, 2.75) is 199 Å². The Morgan fingerprint density at radius 2 is 0.876 bits per heavy atom. The lowest BCUT2D eigenvalue weighted by Crippen LogP contribution is -2.50. The standard InChI is InChI=1S/C32H33FN4O8S2.C29H34FN7O3.C24H26FN7O.C12H22N2O2.C5H6N2O.CH4.35H2/c1-32(2,3)45-31(38)37(4)25-16-21(33)15-24-26-28(34-27(24)25)35-30(47(41,42)18-20-9-13-23(44-6)14-10-20)36-29(26)46(39,40)17-19-7-11-22(43-5)12-8-19;1-16-31-12-20(13-32-16)39-27-34-25-23(26(35-27)37-14-17-8-6-7-9-18(17)15-37)21-10-19(30)11-22(24(21)33-25)36(5)28(38)40-29(2,3)4;1-13-27-9-17(10-28-13)33-24-30-22-20(18-7-16(25)8-19(26-2)21(18)29-22)23(31-24)32-11-14-5-3-4-6-15(14)12-32;1-12(2,3)16-11(15)14-6-4-5-9-7-13-8-10(9)14;1-4-6-2-5(8)3-7-4;;;;;;;;;;;;;;;;;;;;;;;;;;;;;;;;;;;;/h7-16H,17-18H2,1-6H3,(H,34,35,36);10-13,17-18H,6-9,14-15H2,1-5H3,(H,33,34,35);7-10,14-15,26H,3-6,11-12H2,1-2H3,(H,29,30,31);9-10,13H,4-8H2,1-3H3;2-3,8H,1H3;1H4;35*1H/t;17-,18+;14-,15+;9-,10+;;;;;;;;;;;;;;;;;;;;;;;;;;;;;;;;;;;;;/m...1...................................../s1/i;;;;;;35*1+1D. The Kier molecular flexibility index (Phi) is 20.4. The summed E-state index contributed by atoms with van der Waals surface area (Å²) in [5, 5.41) is 16.5. The highest BCUT2D eigenvalue weighted by Crippen LogP contribution is 2.47. The molecule has 6 N–H and O–H groups in total. The van der Waals surface area contributed by atoms with Crippen molar-refractivity contribution in [3.63, 3.8) is 0 Å². The van der Waals surface area contributed by atoms with Crippen LogP contribution in [0.5, 0.6) is 40.8 Å². The largest absolute Gasteiger partial charge is 0.505 e. The first-order valence-corrected chi connectivity index (χ1v) is 51.2. The van der Waals surface area contributed by atoms with Crippen molar-refractivity contribution in [1.82, 2.24) is 85.0 Å². The van der Waals surface area contributed by atoms with Gasteiger partial charge in [-0.05, 0) is 223 Å². The van der Waals surface area contributed by atoms with Crippen LogP contribution < -0.4 is 49.2 Å². The fraction of sp³-hybridized carbons (Fsp3) is 0.447. The van der Waals surface area contributed by atoms with Crippen LogP contribution in [0.25, 0.3) is 65.8 Å². The molecule has 4 saturated heterocycles. The molecule has 840 valence electrons. The van der Waals surface area contributed by atoms with Crippen molar-refractivity contribution in [1.29, 1.82) is 0 Å². The number of nitrogens with one attached hydrogen (secondary N) is 5. The van der Waals surface area contributed by atoms with Crippen LogP contribution in [0.4, 0.5) is 56.3 Å². The van der Waals surface area contributed by atoms with Gasteiger partial charge in [0.15, 0.2) is 22.3 Å². The number of rotatable bonds is 17. The summed E-state index contributed by atoms with van der Waals surface area (Å²) in [6.45, 7) is 28.0. The number of sulfone groups is 2. The van der Waals surface area contributed by atoms with Crippen LogP contribution in [0, 0.1) is 67.8 Å². The van der Waals surface area contributed by atoms with Gasteiger partial charge in [-0.1, -0.05) is 57.4 Å². The second-order valence-electron chi connectivity index (χ2n) is 40.0. The van der Waals surface area contributed by atoms with Crippen LogP contribution in [-0.2, 0) is 45.4 Å². The molecule has 14 aromatic rings. The lowest BCUT2D eigenvalue weighted by Gasteiger charge is -2.37. The molecule has 6 fully saturated rings. The fourth-order valence-corrected chi connectivity index (χ4v) is 22.0. The van der Waals surface area contributed by atoms with Crippen LogP contribution in [0.15, 0.2) is 132 Å². The fourth-order valence-electron chi connectivity index (χ4n) is 19.2. The van der Waals surface area contributed by atoms with E-state index in [4.69, 9.17) is 152 Å². The van der Waals surface area contributed by atoms with Crippen molar-refractivity contribution in [3.8, 4) is 40.8 Å². The minimum Gasteiger partial charge on any atom is -0.505 e. The number of carbonyl (C=O) groups is 3. The molecule has 5 aromatic carbocycles. The zero-order valence-corrected chi connectivity index (χ0v) is 85.3. The summed E-state index contributed by atoms with van der Waals surface area (Å²) in [4.78, 5) is 108. The molecule has 145 heavy (non-hydrogen) atoms. The van der Waals surface area contributed by atoms with Gasteiger partial charge in [0.05, 0.1) is 119 Å². The maximum absolute atomic E-state index is 15.2. The average molecular weight is 2170 g/mol. The van der Waals surface area contributed by atoms with Gasteiger partial charge in [0, 0.05) is 187 Å². The van der Waals surface area contributed by atoms with E-state index in [1.807, 2.05) is 32.6 Å². The van der Waals surface area contributed by atoms with E-state index in [-0.39, 0.29) is 64.7 Å². The number of aryl methyl sites for hydroxylation is 3. The molecular formula is C103H195F3N22O15S2. The number of fused-ring (bicyclic) bond motifs is 12. The van der Waals surface area contributed by atoms with Crippen LogP contribution in [0.2, 0.25) is 0 Å². The van der Waals surface area contributed by atoms with Crippen LogP contribution in [0.3, 0.4) is 0 Å². The Morgan fingerprint density at radius 1 is 0.490 bits per heavy atom. The van der Waals surface area contributed by atoms with E-state index < -0.39 is 82.0 Å². The summed E-state index contributed by atoms with van der Waals surface area (Å²) >= 11 is 0. The number of anilines is 5. The highest BCUT2D eigenvalue weighted by Gasteiger charge is 2.42. The number of benzene rings is 5. The first-order valence-electron chi connectivity index (χ1n) is 82.9. The molecular weight excluding hydrogens is 1910 g/mol. The number of carbonyl (C=O) groups excluding carboxylic acids is 3. The summed E-state index contributed by atoms with van der Waals surface area (Å²) in [6.07, 6.45) is 19.9. The molecule has 0 spiro atoms. The molecule has 6 atom stereocenters. The molecule has 9 aromatic heterocycles. The summed E-state index contributed by atoms with van der Waals surface area (Å²) in [5.41, 5.74) is 2.25. The number of methoxy groups -OCH3 is 2. The molecule has 6 aliphatic rings. The Bertz CT molecular complexity index is 7440. The molecule has 2 saturated carbocycles. The number of aromatic nitrogens is 15. The number of H-pyrrole nitrogens is 3. The number of piperidine rings is 1. The second kappa shape index (κ2) is 43.4. The maximum atomic E-state index is 15.2. The Morgan fingerprint density at radius 3 is 1.29 bits per heavy atom. The molecule has 0 radical (unpaired) electrons. The predicted octanol–water partition coefficient (Wildman–Crippen LogP) is 27.9. The lowest BCUT2D eigenvalue weighted by molar-refractivity contribution is 0.00656. The number of nitrogens with zero attached hydrogens (tertiary/aromatic N) is 17. The Balaban J connectivity index is -0.000000108. The molecule has 20 rings (SSSR count). The summed E-state index contributed by atoms with van der Waals surface area (Å²) in [5.74, 6) is 5.97. The number of aromatic hydroxyl groups is 1. The third-order valence-electron chi connectivity index (χ3n) is 25.9. The zero-order chi connectivity index (χ0) is 173. The Hall–Kier alpha value is -14.2. The van der Waals surface area contributed by atoms with Gasteiger partial charge in [-0.2, -0.15) is 19.9 Å². The summed E-state index contributed by atoms with van der Waals surface area (Å²) in [7, 11) is -1.04. The van der Waals surface area contributed by atoms with Gasteiger partial charge in [0.25, 0.3) is 5.16 Å². The number of hydrogen-bond acceptors (Lipinski definition) is 31. The van der Waals surface area contributed by atoms with E-state index >= 15 is 8.78 Å². The average Bonchev–Trinajstić information content (AvgIpc) is 1.57. The van der Waals surface area contributed by atoms with Crippen LogP contribution in [-0.4, -0.2) is 224 Å². The SMILES string of the molecule is C.CC(C)(C)OC(=O)N1CCC[C@@H]2CNC[C@@H]21.CNc1cc(F)cc2c1[nH]c1nc(Oc3cnc(C)nc3)nc(N3C[C@H]4CCCC[C@H]4C3)c12.COc1ccc(CS(=O)(=O)c2nc(S(=O)(=O)Cc3ccc(OC)cc3)c3c(n2)[nH]c2c(N(C)C(=O)OC(C)(C)C)cc(F)cc23)cc1.Cc1ncc(O)cn1.Cc1ncc(Oc2nc(N3C[C@H]4CCCC[C@H]4C3)c3c(n2)[nH]c2c(N(C)C(=O)OC(C)(C)C)cc(F)cc23)cn1.[2H][2H].[2H][2H].[2H][2H].[2H][2H].[2H][2H].[2H][2H].[2H][2H].[2H][2H].[2H][2H].[2H][2H].[2H][2H].[2H][2H].[2H][2H].[2H][2H].[2H][2H].[2H][2H].[2H][2H].[2H][2H].[2H][2H].[2H][2H].[2H][2H].[2H][2H].[2H][2H].[2H][2H].[2H][2H].[2H][2H].[2H][2H].[2H][2H].[2H][2H].[2H][2H].[2H][2H].[2H][2H].[2H][2H].[2H][2H].[2H][2H]. The van der Waals surface area contributed by atoms with E-state index in [1.54, 1.807) is 149 Å². The van der Waals surface area contributed by atoms with Crippen LogP contribution in [0.1, 0.15) is 266 Å². The van der Waals surface area contributed by atoms with Crippen molar-refractivity contribution in [2.24, 2.45) is 29.6 Å². The van der Waals surface area contributed by atoms with Gasteiger partial charge in [-0.3, -0.25) is 9.80 Å². The van der Waals surface area contributed by atoms with E-state index in [2.05, 4.69) is 85.2 Å². The molecule has 42 heteroatoms. The van der Waals surface area contributed by atoms with E-state index in [0.717, 1.165) is 91.4 Å². The van der Waals surface area contributed by atoms with Gasteiger partial charge in [0.1, 0.15) is 91.8 Å². The maximum Gasteiger partial charge on any atom is 0.414 e. The first kappa shape index (κ1) is 68.2. The van der Waals surface area contributed by atoms with Crippen LogP contribution >= 0.6 is 0 Å². The highest BCUT2D eigenvalue weighted by molar-refractivity contribution is 7.91. The molecule has 0 unspecified atom stereocenters. The second-order valence-corrected chi connectivity index (χ2v) is 43.8. The summed E-state index contributed by atoms with van der Waals surface area (Å²) in [6, 6.07) is 21.3. The van der Waals surface area contributed by atoms with Crippen molar-refractivity contribution in [2.75, 3.05) is 106 Å². The number of halogens is 3. The molecule has 3 amide bonds. The highest BCUT2D eigenvalue weighted by atomic mass is 32.2. The minimum atomic E-state index is -4.39. The van der Waals surface area contributed by atoms with Crippen molar-refractivity contribution >= 4 is 132 Å². The van der Waals surface area contributed by atoms with Crippen molar-refractivity contribution in [3.05, 3.63) is 168 Å². The van der Waals surface area contributed by atoms with Gasteiger partial charge < -0.3 is 78.5 Å². The number of ether oxygens (including phenoxy) is 7. The number of amides is 3.